The van der Waals surface area contributed by atoms with Crippen molar-refractivity contribution in [2.24, 2.45) is 5.92 Å². The van der Waals surface area contributed by atoms with E-state index in [4.69, 9.17) is 5.11 Å². The number of aryl methyl sites for hydroxylation is 1. The molecular formula is C13H20N2O3. The Hall–Kier alpha value is -1.62. The maximum atomic E-state index is 10.7. The van der Waals surface area contributed by atoms with Crippen molar-refractivity contribution >= 4 is 11.4 Å². The van der Waals surface area contributed by atoms with Gasteiger partial charge in [-0.15, -0.1) is 0 Å². The van der Waals surface area contributed by atoms with Crippen LogP contribution in [0, 0.1) is 23.0 Å². The predicted molar refractivity (Wildman–Crippen MR) is 71.8 cm³/mol. The molecule has 0 spiro atoms. The summed E-state index contributed by atoms with van der Waals surface area (Å²) < 4.78 is 0. The number of nitro groups is 1. The van der Waals surface area contributed by atoms with E-state index in [0.717, 1.165) is 11.3 Å². The normalized spacial score (nSPS) is 12.5. The zero-order valence-electron chi connectivity index (χ0n) is 11.0. The fourth-order valence-electron chi connectivity index (χ4n) is 1.79. The van der Waals surface area contributed by atoms with E-state index in [2.05, 4.69) is 19.2 Å². The third-order valence-corrected chi connectivity index (χ3v) is 3.02. The molecule has 0 radical (unpaired) electrons. The number of nitro benzene ring substituents is 1. The van der Waals surface area contributed by atoms with Crippen molar-refractivity contribution in [3.63, 3.8) is 0 Å². The molecule has 1 aromatic carbocycles. The average Bonchev–Trinajstić information content (AvgIpc) is 2.30. The summed E-state index contributed by atoms with van der Waals surface area (Å²) in [4.78, 5) is 10.3. The molecule has 1 aromatic rings. The maximum Gasteiger partial charge on any atom is 0.271 e. The molecule has 1 atom stereocenters. The van der Waals surface area contributed by atoms with Crippen LogP contribution in [0.25, 0.3) is 0 Å². The van der Waals surface area contributed by atoms with E-state index in [9.17, 15) is 10.1 Å². The minimum Gasteiger partial charge on any atom is -0.396 e. The molecule has 100 valence electrons. The van der Waals surface area contributed by atoms with E-state index in [1.807, 2.05) is 6.92 Å². The molecule has 0 saturated heterocycles. The van der Waals surface area contributed by atoms with E-state index in [-0.39, 0.29) is 18.3 Å². The number of nitrogens with zero attached hydrogens (tertiary/aromatic N) is 1. The largest absolute Gasteiger partial charge is 0.396 e. The highest BCUT2D eigenvalue weighted by molar-refractivity contribution is 5.57. The number of hydrogen-bond donors (Lipinski definition) is 2. The molecule has 18 heavy (non-hydrogen) atoms. The monoisotopic (exact) mass is 252 g/mol. The lowest BCUT2D eigenvalue weighted by Crippen LogP contribution is -2.27. The Labute approximate surface area is 107 Å². The lowest BCUT2D eigenvalue weighted by atomic mass is 10.0. The van der Waals surface area contributed by atoms with E-state index in [1.165, 1.54) is 6.07 Å². The minimum absolute atomic E-state index is 0.0783. The van der Waals surface area contributed by atoms with Gasteiger partial charge < -0.3 is 10.4 Å². The molecule has 0 aliphatic carbocycles. The van der Waals surface area contributed by atoms with Gasteiger partial charge in [0.25, 0.3) is 5.69 Å². The first-order valence-electron chi connectivity index (χ1n) is 6.08. The van der Waals surface area contributed by atoms with Crippen molar-refractivity contribution in [1.82, 2.24) is 0 Å². The fourth-order valence-corrected chi connectivity index (χ4v) is 1.79. The Bertz CT molecular complexity index is 419. The molecule has 5 heteroatoms. The average molecular weight is 252 g/mol. The van der Waals surface area contributed by atoms with Crippen molar-refractivity contribution in [1.29, 1.82) is 0 Å². The van der Waals surface area contributed by atoms with Crippen LogP contribution in [0.1, 0.15) is 25.8 Å². The van der Waals surface area contributed by atoms with Crippen molar-refractivity contribution < 1.29 is 10.0 Å². The second kappa shape index (κ2) is 6.35. The molecule has 0 aromatic heterocycles. The van der Waals surface area contributed by atoms with Crippen molar-refractivity contribution in [2.45, 2.75) is 33.2 Å². The number of nitrogens with one attached hydrogen (secondary N) is 1. The van der Waals surface area contributed by atoms with Gasteiger partial charge in [0.1, 0.15) is 0 Å². The molecule has 5 nitrogen and oxygen atoms in total. The molecule has 0 heterocycles. The second-order valence-corrected chi connectivity index (χ2v) is 4.76. The zero-order valence-corrected chi connectivity index (χ0v) is 11.0. The summed E-state index contributed by atoms with van der Waals surface area (Å²) in [6.07, 6.45) is 0.625. The second-order valence-electron chi connectivity index (χ2n) is 4.76. The van der Waals surface area contributed by atoms with E-state index >= 15 is 0 Å². The van der Waals surface area contributed by atoms with E-state index < -0.39 is 4.92 Å². The highest BCUT2D eigenvalue weighted by Crippen LogP contribution is 2.24. The van der Waals surface area contributed by atoms with Gasteiger partial charge in [-0.3, -0.25) is 10.1 Å². The van der Waals surface area contributed by atoms with Gasteiger partial charge in [-0.05, 0) is 24.8 Å². The smallest absolute Gasteiger partial charge is 0.271 e. The summed E-state index contributed by atoms with van der Waals surface area (Å²) in [7, 11) is 0. The van der Waals surface area contributed by atoms with Gasteiger partial charge in [-0.2, -0.15) is 0 Å². The Morgan fingerprint density at radius 3 is 2.61 bits per heavy atom. The number of benzene rings is 1. The number of rotatable bonds is 6. The van der Waals surface area contributed by atoms with Crippen molar-refractivity contribution in [3.05, 3.63) is 33.9 Å². The van der Waals surface area contributed by atoms with Crippen LogP contribution in [0.3, 0.4) is 0 Å². The lowest BCUT2D eigenvalue weighted by molar-refractivity contribution is -0.384. The summed E-state index contributed by atoms with van der Waals surface area (Å²) in [5.74, 6) is 0.343. The SMILES string of the molecule is Cc1ccc([N+](=O)[O-])cc1NC(CCO)C(C)C. The summed E-state index contributed by atoms with van der Waals surface area (Å²) in [5.41, 5.74) is 1.80. The summed E-state index contributed by atoms with van der Waals surface area (Å²) >= 11 is 0. The molecule has 1 unspecified atom stereocenters. The first kappa shape index (κ1) is 14.4. The number of aliphatic hydroxyl groups is 1. The van der Waals surface area contributed by atoms with Crippen molar-refractivity contribution in [3.8, 4) is 0 Å². The highest BCUT2D eigenvalue weighted by atomic mass is 16.6. The van der Waals surface area contributed by atoms with Crippen LogP contribution < -0.4 is 5.32 Å². The first-order chi connectivity index (χ1) is 8.45. The maximum absolute atomic E-state index is 10.7. The molecule has 0 aliphatic heterocycles. The van der Waals surface area contributed by atoms with E-state index in [0.29, 0.717) is 12.3 Å². The third-order valence-electron chi connectivity index (χ3n) is 3.02. The number of non-ortho nitro benzene ring substituents is 1. The van der Waals surface area contributed by atoms with Gasteiger partial charge in [0, 0.05) is 30.5 Å². The van der Waals surface area contributed by atoms with Gasteiger partial charge in [0.05, 0.1) is 4.92 Å². The van der Waals surface area contributed by atoms with Gasteiger partial charge in [0.2, 0.25) is 0 Å². The number of anilines is 1. The quantitative estimate of drug-likeness (QED) is 0.603. The van der Waals surface area contributed by atoms with Gasteiger partial charge >= 0.3 is 0 Å². The molecular weight excluding hydrogens is 232 g/mol. The zero-order chi connectivity index (χ0) is 13.7. The van der Waals surface area contributed by atoms with Crippen LogP contribution in [0.15, 0.2) is 18.2 Å². The summed E-state index contributed by atoms with van der Waals surface area (Å²) in [6.45, 7) is 6.12. The lowest BCUT2D eigenvalue weighted by Gasteiger charge is -2.23. The van der Waals surface area contributed by atoms with Gasteiger partial charge in [-0.1, -0.05) is 19.9 Å². The number of hydrogen-bond acceptors (Lipinski definition) is 4. The Morgan fingerprint density at radius 2 is 2.11 bits per heavy atom. The topological polar surface area (TPSA) is 75.4 Å². The highest BCUT2D eigenvalue weighted by Gasteiger charge is 2.15. The van der Waals surface area contributed by atoms with Crippen LogP contribution in [-0.2, 0) is 0 Å². The molecule has 2 N–H and O–H groups in total. The molecule has 0 fully saturated rings. The van der Waals surface area contributed by atoms with E-state index in [1.54, 1.807) is 12.1 Å². The van der Waals surface area contributed by atoms with Crippen LogP contribution in [-0.4, -0.2) is 22.7 Å². The molecule has 0 saturated carbocycles. The van der Waals surface area contributed by atoms with Crippen molar-refractivity contribution in [2.75, 3.05) is 11.9 Å². The molecule has 1 rings (SSSR count). The fraction of sp³-hybridized carbons (Fsp3) is 0.538. The van der Waals surface area contributed by atoms with Crippen LogP contribution in [0.2, 0.25) is 0 Å². The van der Waals surface area contributed by atoms with Crippen LogP contribution in [0.5, 0.6) is 0 Å². The minimum atomic E-state index is -0.402. The number of aliphatic hydroxyl groups excluding tert-OH is 1. The van der Waals surface area contributed by atoms with Gasteiger partial charge in [-0.25, -0.2) is 0 Å². The van der Waals surface area contributed by atoms with Crippen LogP contribution >= 0.6 is 0 Å². The summed E-state index contributed by atoms with van der Waals surface area (Å²) in [6, 6.07) is 4.88. The summed E-state index contributed by atoms with van der Waals surface area (Å²) in [5, 5.41) is 23.1. The Morgan fingerprint density at radius 1 is 1.44 bits per heavy atom. The van der Waals surface area contributed by atoms with Crippen LogP contribution in [0.4, 0.5) is 11.4 Å². The predicted octanol–water partition coefficient (Wildman–Crippen LogP) is 2.72. The van der Waals surface area contributed by atoms with Gasteiger partial charge in [0.15, 0.2) is 0 Å². The Kier molecular flexibility index (Phi) is 5.09. The molecule has 0 aliphatic rings. The Balaban J connectivity index is 2.93. The standard InChI is InChI=1S/C13H20N2O3/c1-9(2)12(6-7-16)14-13-8-11(15(17)18)5-4-10(13)3/h4-5,8-9,12,14,16H,6-7H2,1-3H3. The first-order valence-corrected chi connectivity index (χ1v) is 6.08. The molecule has 0 amide bonds. The third kappa shape index (κ3) is 3.70. The molecule has 0 bridgehead atoms.